The number of methoxy groups -OCH3 is 2. The van der Waals surface area contributed by atoms with E-state index in [0.29, 0.717) is 6.61 Å². The third-order valence-electron chi connectivity index (χ3n) is 5.45. The molecule has 2 aromatic carbocycles. The first-order valence-corrected chi connectivity index (χ1v) is 9.81. The van der Waals surface area contributed by atoms with E-state index in [1.54, 1.807) is 14.2 Å². The standard InChI is InChI=1S/C23H30N2O3/c1-27-18-22(26)25(21-11-7-4-8-12-21)23(19-28-2)13-15-24(16-14-23)17-20-9-5-3-6-10-20/h3-12H,13-19H2,1-2H3. The van der Waals surface area contributed by atoms with E-state index in [4.69, 9.17) is 9.47 Å². The van der Waals surface area contributed by atoms with Gasteiger partial charge in [0.2, 0.25) is 0 Å². The van der Waals surface area contributed by atoms with Crippen molar-refractivity contribution >= 4 is 11.6 Å². The number of carbonyl (C=O) groups excluding carboxylic acids is 1. The first-order valence-electron chi connectivity index (χ1n) is 9.81. The van der Waals surface area contributed by atoms with E-state index < -0.39 is 0 Å². The number of benzene rings is 2. The number of amides is 1. The summed E-state index contributed by atoms with van der Waals surface area (Å²) in [5.74, 6) is -0.0257. The molecule has 0 spiro atoms. The van der Waals surface area contributed by atoms with Crippen molar-refractivity contribution in [1.29, 1.82) is 0 Å². The average Bonchev–Trinajstić information content (AvgIpc) is 2.72. The number of nitrogens with zero attached hydrogens (tertiary/aromatic N) is 2. The molecule has 1 heterocycles. The highest BCUT2D eigenvalue weighted by molar-refractivity contribution is 5.95. The van der Waals surface area contributed by atoms with Gasteiger partial charge in [-0.1, -0.05) is 48.5 Å². The molecular weight excluding hydrogens is 352 g/mol. The Hall–Kier alpha value is -2.21. The minimum atomic E-state index is -0.362. The molecule has 1 aliphatic heterocycles. The van der Waals surface area contributed by atoms with Crippen LogP contribution in [0.1, 0.15) is 18.4 Å². The Morgan fingerprint density at radius 3 is 2.14 bits per heavy atom. The maximum absolute atomic E-state index is 13.0. The van der Waals surface area contributed by atoms with Gasteiger partial charge in [0.1, 0.15) is 6.61 Å². The minimum Gasteiger partial charge on any atom is -0.382 e. The van der Waals surface area contributed by atoms with Crippen LogP contribution in [-0.2, 0) is 20.8 Å². The second-order valence-corrected chi connectivity index (χ2v) is 7.42. The summed E-state index contributed by atoms with van der Waals surface area (Å²) in [5.41, 5.74) is 1.86. The van der Waals surface area contributed by atoms with Gasteiger partial charge in [-0.15, -0.1) is 0 Å². The van der Waals surface area contributed by atoms with Gasteiger partial charge in [-0.05, 0) is 30.5 Å². The van der Waals surface area contributed by atoms with Gasteiger partial charge in [0, 0.05) is 39.5 Å². The summed E-state index contributed by atoms with van der Waals surface area (Å²) < 4.78 is 10.8. The number of ether oxygens (including phenoxy) is 2. The lowest BCUT2D eigenvalue weighted by atomic mass is 9.85. The third kappa shape index (κ3) is 4.79. The highest BCUT2D eigenvalue weighted by Crippen LogP contribution is 2.34. The van der Waals surface area contributed by atoms with Gasteiger partial charge in [0.15, 0.2) is 0 Å². The van der Waals surface area contributed by atoms with E-state index in [-0.39, 0.29) is 18.1 Å². The fourth-order valence-corrected chi connectivity index (χ4v) is 4.12. The van der Waals surface area contributed by atoms with E-state index >= 15 is 0 Å². The first kappa shape index (κ1) is 20.5. The predicted octanol–water partition coefficient (Wildman–Crippen LogP) is 3.35. The highest BCUT2D eigenvalue weighted by Gasteiger charge is 2.43. The van der Waals surface area contributed by atoms with Crippen molar-refractivity contribution in [3.05, 3.63) is 66.2 Å². The second-order valence-electron chi connectivity index (χ2n) is 7.42. The maximum Gasteiger partial charge on any atom is 0.253 e. The summed E-state index contributed by atoms with van der Waals surface area (Å²) in [6.07, 6.45) is 1.72. The van der Waals surface area contributed by atoms with Crippen LogP contribution in [0, 0.1) is 0 Å². The van der Waals surface area contributed by atoms with Gasteiger partial charge in [-0.2, -0.15) is 0 Å². The fraction of sp³-hybridized carbons (Fsp3) is 0.435. The number of rotatable bonds is 8. The van der Waals surface area contributed by atoms with Crippen molar-refractivity contribution in [3.63, 3.8) is 0 Å². The number of piperidine rings is 1. The van der Waals surface area contributed by atoms with Gasteiger partial charge < -0.3 is 14.4 Å². The van der Waals surface area contributed by atoms with Crippen LogP contribution in [0.5, 0.6) is 0 Å². The largest absolute Gasteiger partial charge is 0.382 e. The fourth-order valence-electron chi connectivity index (χ4n) is 4.12. The van der Waals surface area contributed by atoms with E-state index in [1.807, 2.05) is 41.3 Å². The molecule has 0 unspecified atom stereocenters. The van der Waals surface area contributed by atoms with Crippen LogP contribution < -0.4 is 4.90 Å². The molecule has 1 aliphatic rings. The zero-order valence-electron chi connectivity index (χ0n) is 16.8. The molecule has 1 fully saturated rings. The molecule has 2 aromatic rings. The van der Waals surface area contributed by atoms with Crippen molar-refractivity contribution in [2.45, 2.75) is 24.9 Å². The lowest BCUT2D eigenvalue weighted by Gasteiger charge is -2.48. The van der Waals surface area contributed by atoms with Gasteiger partial charge in [-0.25, -0.2) is 0 Å². The molecule has 28 heavy (non-hydrogen) atoms. The quantitative estimate of drug-likeness (QED) is 0.702. The Kier molecular flexibility index (Phi) is 7.20. The first-order chi connectivity index (χ1) is 13.7. The molecule has 0 radical (unpaired) electrons. The van der Waals surface area contributed by atoms with Crippen molar-refractivity contribution in [1.82, 2.24) is 4.90 Å². The number of carbonyl (C=O) groups is 1. The molecule has 5 heteroatoms. The normalized spacial score (nSPS) is 16.6. The number of likely N-dealkylation sites (tertiary alicyclic amines) is 1. The third-order valence-corrected chi connectivity index (χ3v) is 5.45. The van der Waals surface area contributed by atoms with Gasteiger partial charge >= 0.3 is 0 Å². The summed E-state index contributed by atoms with van der Waals surface area (Å²) in [5, 5.41) is 0. The van der Waals surface area contributed by atoms with Crippen LogP contribution in [0.15, 0.2) is 60.7 Å². The Labute approximate surface area is 167 Å². The van der Waals surface area contributed by atoms with Crippen molar-refractivity contribution in [2.75, 3.05) is 45.4 Å². The molecule has 1 amide bonds. The highest BCUT2D eigenvalue weighted by atomic mass is 16.5. The molecule has 0 aromatic heterocycles. The predicted molar refractivity (Wildman–Crippen MR) is 111 cm³/mol. The van der Waals surface area contributed by atoms with Crippen LogP contribution in [0.2, 0.25) is 0 Å². The lowest BCUT2D eigenvalue weighted by Crippen LogP contribution is -2.61. The minimum absolute atomic E-state index is 0.0257. The summed E-state index contributed by atoms with van der Waals surface area (Å²) in [4.78, 5) is 17.4. The van der Waals surface area contributed by atoms with Gasteiger partial charge in [-0.3, -0.25) is 9.69 Å². The summed E-state index contributed by atoms with van der Waals surface area (Å²) in [6.45, 7) is 3.34. The number of hydrogen-bond acceptors (Lipinski definition) is 4. The molecule has 0 N–H and O–H groups in total. The molecule has 3 rings (SSSR count). The van der Waals surface area contributed by atoms with Crippen LogP contribution in [-0.4, -0.2) is 56.9 Å². The maximum atomic E-state index is 13.0. The molecule has 150 valence electrons. The SMILES string of the molecule is COCC(=O)N(c1ccccc1)C1(COC)CCN(Cc2ccccc2)CC1. The van der Waals surface area contributed by atoms with E-state index in [0.717, 1.165) is 38.2 Å². The Balaban J connectivity index is 1.80. The van der Waals surface area contributed by atoms with Crippen molar-refractivity contribution < 1.29 is 14.3 Å². The molecule has 0 atom stereocenters. The van der Waals surface area contributed by atoms with Crippen LogP contribution in [0.25, 0.3) is 0 Å². The molecular formula is C23H30N2O3. The van der Waals surface area contributed by atoms with Gasteiger partial charge in [0.25, 0.3) is 5.91 Å². The molecule has 0 bridgehead atoms. The monoisotopic (exact) mass is 382 g/mol. The van der Waals surface area contributed by atoms with Crippen LogP contribution >= 0.6 is 0 Å². The Bertz CT molecular complexity index is 728. The van der Waals surface area contributed by atoms with Crippen molar-refractivity contribution in [3.8, 4) is 0 Å². The molecule has 0 saturated carbocycles. The molecule has 1 saturated heterocycles. The second kappa shape index (κ2) is 9.82. The topological polar surface area (TPSA) is 42.0 Å². The Morgan fingerprint density at radius 2 is 1.57 bits per heavy atom. The van der Waals surface area contributed by atoms with Gasteiger partial charge in [0.05, 0.1) is 12.1 Å². The Morgan fingerprint density at radius 1 is 0.964 bits per heavy atom. The zero-order chi connectivity index (χ0) is 19.8. The van der Waals surface area contributed by atoms with E-state index in [2.05, 4.69) is 29.2 Å². The zero-order valence-corrected chi connectivity index (χ0v) is 16.8. The number of para-hydroxylation sites is 1. The van der Waals surface area contributed by atoms with Crippen LogP contribution in [0.3, 0.4) is 0 Å². The summed E-state index contributed by atoms with van der Waals surface area (Å²) in [6, 6.07) is 20.4. The van der Waals surface area contributed by atoms with E-state index in [1.165, 1.54) is 5.56 Å². The van der Waals surface area contributed by atoms with Crippen LogP contribution in [0.4, 0.5) is 5.69 Å². The number of hydrogen-bond donors (Lipinski definition) is 0. The summed E-state index contributed by atoms with van der Waals surface area (Å²) in [7, 11) is 3.27. The average molecular weight is 383 g/mol. The smallest absolute Gasteiger partial charge is 0.253 e. The summed E-state index contributed by atoms with van der Waals surface area (Å²) >= 11 is 0. The number of anilines is 1. The van der Waals surface area contributed by atoms with Crippen molar-refractivity contribution in [2.24, 2.45) is 0 Å². The molecule has 5 nitrogen and oxygen atoms in total. The lowest BCUT2D eigenvalue weighted by molar-refractivity contribution is -0.124. The molecule has 0 aliphatic carbocycles. The van der Waals surface area contributed by atoms with E-state index in [9.17, 15) is 4.79 Å².